The van der Waals surface area contributed by atoms with E-state index in [1.807, 2.05) is 0 Å². The lowest BCUT2D eigenvalue weighted by molar-refractivity contribution is -0.390. The van der Waals surface area contributed by atoms with Crippen molar-refractivity contribution in [2.45, 2.75) is 5.88 Å². The predicted molar refractivity (Wildman–Crippen MR) is 44.9 cm³/mol. The van der Waals surface area contributed by atoms with E-state index in [0.29, 0.717) is 11.3 Å². The first-order chi connectivity index (χ1) is 5.65. The van der Waals surface area contributed by atoms with E-state index >= 15 is 0 Å². The molecule has 1 aromatic heterocycles. The van der Waals surface area contributed by atoms with Gasteiger partial charge in [0.1, 0.15) is 0 Å². The Morgan fingerprint density at radius 2 is 2.42 bits per heavy atom. The van der Waals surface area contributed by atoms with Crippen molar-refractivity contribution in [3.8, 4) is 0 Å². The van der Waals surface area contributed by atoms with Gasteiger partial charge in [0.2, 0.25) is 0 Å². The third-order valence-electron chi connectivity index (χ3n) is 1.28. The molecule has 6 heteroatoms. The number of nitrogens with two attached hydrogens (primary N) is 1. The molecule has 0 radical (unpaired) electrons. The van der Waals surface area contributed by atoms with Crippen molar-refractivity contribution in [1.29, 1.82) is 0 Å². The second kappa shape index (κ2) is 3.36. The molecule has 0 aromatic carbocycles. The molecule has 0 aliphatic rings. The van der Waals surface area contributed by atoms with E-state index in [-0.39, 0.29) is 11.7 Å². The third kappa shape index (κ3) is 1.62. The molecule has 1 heterocycles. The molecule has 1 aromatic rings. The first-order valence-corrected chi connectivity index (χ1v) is 3.63. The zero-order chi connectivity index (χ0) is 9.14. The van der Waals surface area contributed by atoms with Gasteiger partial charge in [0.25, 0.3) is 0 Å². The number of nitrogens with zero attached hydrogens (tertiary/aromatic N) is 2. The molecule has 0 spiro atoms. The first-order valence-electron chi connectivity index (χ1n) is 3.10. The van der Waals surface area contributed by atoms with Gasteiger partial charge in [0.15, 0.2) is 6.20 Å². The molecule has 0 fully saturated rings. The number of pyridine rings is 1. The van der Waals surface area contributed by atoms with E-state index in [0.717, 1.165) is 0 Å². The molecule has 64 valence electrons. The van der Waals surface area contributed by atoms with Crippen molar-refractivity contribution >= 4 is 23.1 Å². The van der Waals surface area contributed by atoms with Gasteiger partial charge in [0.05, 0.1) is 17.1 Å². The number of hydrogen-bond acceptors (Lipinski definition) is 4. The van der Waals surface area contributed by atoms with Gasteiger partial charge in [-0.2, -0.15) is 0 Å². The molecule has 0 unspecified atom stereocenters. The second-order valence-electron chi connectivity index (χ2n) is 2.14. The Labute approximate surface area is 73.3 Å². The fourth-order valence-corrected chi connectivity index (χ4v) is 0.981. The van der Waals surface area contributed by atoms with Crippen LogP contribution in [0.2, 0.25) is 0 Å². The summed E-state index contributed by atoms with van der Waals surface area (Å²) in [6.45, 7) is 0. The first kappa shape index (κ1) is 8.73. The monoisotopic (exact) mass is 187 g/mol. The van der Waals surface area contributed by atoms with Crippen LogP contribution in [0.25, 0.3) is 0 Å². The van der Waals surface area contributed by atoms with Crippen LogP contribution < -0.4 is 5.73 Å². The number of nitro groups is 1. The standard InChI is InChI=1S/C6H6ClN3O2/c7-2-4-1-5(8)3-9-6(4)10(11)12/h1,3H,2,8H2. The van der Waals surface area contributed by atoms with Crippen LogP contribution in [0, 0.1) is 10.1 Å². The molecular formula is C6H6ClN3O2. The van der Waals surface area contributed by atoms with Crippen LogP contribution >= 0.6 is 11.6 Å². The van der Waals surface area contributed by atoms with Gasteiger partial charge in [-0.3, -0.25) is 0 Å². The Kier molecular flexibility index (Phi) is 2.44. The largest absolute Gasteiger partial charge is 0.396 e. The number of halogens is 1. The maximum atomic E-state index is 10.3. The number of rotatable bonds is 2. The van der Waals surface area contributed by atoms with E-state index in [4.69, 9.17) is 17.3 Å². The number of hydrogen-bond donors (Lipinski definition) is 1. The molecule has 5 nitrogen and oxygen atoms in total. The van der Waals surface area contributed by atoms with Crippen LogP contribution in [0.3, 0.4) is 0 Å². The van der Waals surface area contributed by atoms with E-state index in [9.17, 15) is 10.1 Å². The van der Waals surface area contributed by atoms with Gasteiger partial charge in [-0.05, 0) is 16.0 Å². The summed E-state index contributed by atoms with van der Waals surface area (Å²) in [7, 11) is 0. The van der Waals surface area contributed by atoms with Gasteiger partial charge in [0, 0.05) is 0 Å². The zero-order valence-electron chi connectivity index (χ0n) is 6.03. The van der Waals surface area contributed by atoms with Crippen LogP contribution in [-0.2, 0) is 5.88 Å². The minimum atomic E-state index is -0.586. The molecule has 0 atom stereocenters. The van der Waals surface area contributed by atoms with Gasteiger partial charge < -0.3 is 15.8 Å². The Hall–Kier alpha value is -1.36. The van der Waals surface area contributed by atoms with Crippen LogP contribution in [0.4, 0.5) is 11.5 Å². The quantitative estimate of drug-likeness (QED) is 0.430. The summed E-state index contributed by atoms with van der Waals surface area (Å²) >= 11 is 5.45. The molecule has 0 amide bonds. The van der Waals surface area contributed by atoms with Crippen molar-refractivity contribution in [2.75, 3.05) is 5.73 Å². The summed E-state index contributed by atoms with van der Waals surface area (Å²) in [6, 6.07) is 1.44. The highest BCUT2D eigenvalue weighted by molar-refractivity contribution is 6.17. The highest BCUT2D eigenvalue weighted by Crippen LogP contribution is 2.19. The second-order valence-corrected chi connectivity index (χ2v) is 2.41. The molecular weight excluding hydrogens is 182 g/mol. The van der Waals surface area contributed by atoms with Crippen molar-refractivity contribution in [1.82, 2.24) is 4.98 Å². The average Bonchev–Trinajstić information content (AvgIpc) is 2.03. The molecule has 0 aliphatic carbocycles. The maximum Gasteiger partial charge on any atom is 0.367 e. The third-order valence-corrected chi connectivity index (χ3v) is 1.57. The molecule has 0 saturated heterocycles. The molecule has 0 aliphatic heterocycles. The normalized spacial score (nSPS) is 9.75. The Morgan fingerprint density at radius 3 is 2.92 bits per heavy atom. The number of aromatic nitrogens is 1. The lowest BCUT2D eigenvalue weighted by atomic mass is 10.3. The average molecular weight is 188 g/mol. The topological polar surface area (TPSA) is 82.0 Å². The van der Waals surface area contributed by atoms with E-state index in [1.165, 1.54) is 12.3 Å². The van der Waals surface area contributed by atoms with Crippen LogP contribution in [0.5, 0.6) is 0 Å². The summed E-state index contributed by atoms with van der Waals surface area (Å²) in [6.07, 6.45) is 1.23. The minimum Gasteiger partial charge on any atom is -0.396 e. The van der Waals surface area contributed by atoms with Gasteiger partial charge in [-0.15, -0.1) is 11.6 Å². The van der Waals surface area contributed by atoms with Crippen molar-refractivity contribution in [2.24, 2.45) is 0 Å². The SMILES string of the molecule is Nc1cnc([N+](=O)[O-])c(CCl)c1. The van der Waals surface area contributed by atoms with E-state index in [2.05, 4.69) is 4.98 Å². The Bertz CT molecular complexity index is 316. The summed E-state index contributed by atoms with van der Waals surface area (Å²) < 4.78 is 0. The van der Waals surface area contributed by atoms with Crippen LogP contribution in [-0.4, -0.2) is 9.91 Å². The van der Waals surface area contributed by atoms with Crippen molar-refractivity contribution < 1.29 is 4.92 Å². The summed E-state index contributed by atoms with van der Waals surface area (Å²) in [5.41, 5.74) is 6.07. The summed E-state index contributed by atoms with van der Waals surface area (Å²) in [5.74, 6) is -0.201. The van der Waals surface area contributed by atoms with Gasteiger partial charge >= 0.3 is 5.82 Å². The van der Waals surface area contributed by atoms with E-state index in [1.54, 1.807) is 0 Å². The number of alkyl halides is 1. The molecule has 12 heavy (non-hydrogen) atoms. The number of anilines is 1. The smallest absolute Gasteiger partial charge is 0.367 e. The number of nitrogen functional groups attached to an aromatic ring is 1. The van der Waals surface area contributed by atoms with Crippen LogP contribution in [0.1, 0.15) is 5.56 Å². The lowest BCUT2D eigenvalue weighted by Crippen LogP contribution is -1.98. The van der Waals surface area contributed by atoms with Crippen LogP contribution in [0.15, 0.2) is 12.3 Å². The summed E-state index contributed by atoms with van der Waals surface area (Å²) in [4.78, 5) is 13.3. The fraction of sp³-hybridized carbons (Fsp3) is 0.167. The lowest BCUT2D eigenvalue weighted by Gasteiger charge is -1.97. The minimum absolute atomic E-state index is 0.0361. The Morgan fingerprint density at radius 1 is 1.75 bits per heavy atom. The van der Waals surface area contributed by atoms with Crippen molar-refractivity contribution in [3.63, 3.8) is 0 Å². The molecule has 1 rings (SSSR count). The molecule has 0 saturated carbocycles. The fourth-order valence-electron chi connectivity index (χ4n) is 0.784. The molecule has 0 bridgehead atoms. The highest BCUT2D eigenvalue weighted by atomic mass is 35.5. The predicted octanol–water partition coefficient (Wildman–Crippen LogP) is 1.31. The highest BCUT2D eigenvalue weighted by Gasteiger charge is 2.13. The van der Waals surface area contributed by atoms with Gasteiger partial charge in [-0.25, -0.2) is 0 Å². The van der Waals surface area contributed by atoms with E-state index < -0.39 is 4.92 Å². The van der Waals surface area contributed by atoms with Gasteiger partial charge in [-0.1, -0.05) is 0 Å². The Balaban J connectivity index is 3.20. The molecule has 2 N–H and O–H groups in total. The maximum absolute atomic E-state index is 10.3. The zero-order valence-corrected chi connectivity index (χ0v) is 6.78. The van der Waals surface area contributed by atoms with Crippen molar-refractivity contribution in [3.05, 3.63) is 27.9 Å². The summed E-state index contributed by atoms with van der Waals surface area (Å²) in [5, 5.41) is 10.3.